The summed E-state index contributed by atoms with van der Waals surface area (Å²) in [6.07, 6.45) is 0. The van der Waals surface area contributed by atoms with E-state index in [-0.39, 0.29) is 0 Å². The quantitative estimate of drug-likeness (QED) is 0.185. The van der Waals surface area contributed by atoms with Gasteiger partial charge < -0.3 is 4.57 Å². The molecule has 246 valence electrons. The summed E-state index contributed by atoms with van der Waals surface area (Å²) in [4.78, 5) is 10.7. The first kappa shape index (κ1) is 28.8. The number of hydrogen-bond acceptors (Lipinski definition) is 3. The van der Waals surface area contributed by atoms with Crippen LogP contribution in [0.2, 0.25) is 0 Å². The van der Waals surface area contributed by atoms with Crippen molar-refractivity contribution in [3.63, 3.8) is 0 Å². The fourth-order valence-corrected chi connectivity index (χ4v) is 9.87. The number of para-hydroxylation sites is 2. The molecule has 8 aromatic carbocycles. The second kappa shape index (κ2) is 10.8. The Balaban J connectivity index is 1.31. The van der Waals surface area contributed by atoms with E-state index in [0.717, 1.165) is 44.4 Å². The first-order chi connectivity index (χ1) is 26.3. The van der Waals surface area contributed by atoms with Crippen molar-refractivity contribution in [2.45, 2.75) is 0 Å². The number of benzene rings is 8. The van der Waals surface area contributed by atoms with Gasteiger partial charge in [-0.05, 0) is 59.3 Å². The lowest BCUT2D eigenvalue weighted by molar-refractivity contribution is 1.01. The molecule has 5 heteroatoms. The lowest BCUT2D eigenvalue weighted by atomic mass is 10.0. The Kier molecular flexibility index (Phi) is 5.90. The molecule has 0 fully saturated rings. The minimum absolute atomic E-state index is 0.662. The average Bonchev–Trinajstić information content (AvgIpc) is 3.87. The summed E-state index contributed by atoms with van der Waals surface area (Å²) < 4.78 is 7.30. The van der Waals surface area contributed by atoms with Crippen molar-refractivity contribution in [1.29, 1.82) is 0 Å². The number of hydrogen-bond donors (Lipinski definition) is 0. The van der Waals surface area contributed by atoms with Gasteiger partial charge in [-0.3, -0.25) is 4.57 Å². The van der Waals surface area contributed by atoms with Gasteiger partial charge in [0.25, 0.3) is 0 Å². The molecule has 53 heavy (non-hydrogen) atoms. The van der Waals surface area contributed by atoms with Gasteiger partial charge in [0.1, 0.15) is 0 Å². The third-order valence-corrected chi connectivity index (χ3v) is 12.1. The second-order valence-electron chi connectivity index (χ2n) is 13.8. The molecule has 0 aliphatic carbocycles. The van der Waals surface area contributed by atoms with E-state index < -0.39 is 0 Å². The third-order valence-electron chi connectivity index (χ3n) is 10.9. The fraction of sp³-hybridized carbons (Fsp3) is 0. The van der Waals surface area contributed by atoms with Crippen molar-refractivity contribution in [2.24, 2.45) is 0 Å². The minimum Gasteiger partial charge on any atom is -0.309 e. The highest BCUT2D eigenvalue weighted by Gasteiger charge is 2.24. The van der Waals surface area contributed by atoms with Gasteiger partial charge in [0.2, 0.25) is 5.95 Å². The van der Waals surface area contributed by atoms with Crippen LogP contribution in [0.4, 0.5) is 0 Å². The van der Waals surface area contributed by atoms with Crippen molar-refractivity contribution in [1.82, 2.24) is 19.1 Å². The Bertz CT molecular complexity index is 3450. The molecule has 0 aliphatic heterocycles. The molecule has 0 radical (unpaired) electrons. The summed E-state index contributed by atoms with van der Waals surface area (Å²) in [5.74, 6) is 0.662. The summed E-state index contributed by atoms with van der Waals surface area (Å²) in [6, 6.07) is 61.0. The van der Waals surface area contributed by atoms with Crippen molar-refractivity contribution in [2.75, 3.05) is 0 Å². The predicted octanol–water partition coefficient (Wildman–Crippen LogP) is 13.0. The Morgan fingerprint density at radius 1 is 0.415 bits per heavy atom. The van der Waals surface area contributed by atoms with E-state index in [4.69, 9.17) is 9.97 Å². The van der Waals surface area contributed by atoms with Crippen molar-refractivity contribution < 1.29 is 0 Å². The van der Waals surface area contributed by atoms with E-state index in [9.17, 15) is 0 Å². The van der Waals surface area contributed by atoms with Gasteiger partial charge in [-0.15, -0.1) is 11.3 Å². The zero-order chi connectivity index (χ0) is 34.6. The smallest absolute Gasteiger partial charge is 0.235 e. The molecule has 0 unspecified atom stereocenters. The van der Waals surface area contributed by atoms with Crippen LogP contribution in [0.15, 0.2) is 170 Å². The van der Waals surface area contributed by atoms with E-state index in [2.05, 4.69) is 179 Å². The number of nitrogens with zero attached hydrogens (tertiary/aromatic N) is 4. The number of aromatic nitrogens is 4. The van der Waals surface area contributed by atoms with Gasteiger partial charge in [-0.2, -0.15) is 0 Å². The lowest BCUT2D eigenvalue weighted by Crippen LogP contribution is -2.03. The van der Waals surface area contributed by atoms with E-state index in [1.54, 1.807) is 0 Å². The molecule has 0 saturated heterocycles. The maximum absolute atomic E-state index is 5.43. The van der Waals surface area contributed by atoms with E-state index in [0.29, 0.717) is 5.95 Å². The largest absolute Gasteiger partial charge is 0.309 e. The average molecular weight is 693 g/mol. The standard InChI is InChI=1S/C48H28N4S/c1-3-14-30(15-4-1)46-35-20-9-11-21-38(35)49-48(50-46)52-40-26-24-34-33-19-10-12-22-43(33)53-47(34)45(40)37-27-36-41(28-42(37)52)51(31-16-5-2-6-17-31)39-25-23-29-13-7-8-18-32(29)44(36)39/h1-28H. The highest BCUT2D eigenvalue weighted by Crippen LogP contribution is 2.46. The summed E-state index contributed by atoms with van der Waals surface area (Å²) in [5, 5.41) is 11.0. The Hall–Kier alpha value is -6.82. The number of thiophene rings is 1. The molecule has 4 aromatic heterocycles. The molecule has 0 saturated carbocycles. The summed E-state index contributed by atoms with van der Waals surface area (Å²) in [6.45, 7) is 0. The van der Waals surface area contributed by atoms with Crippen LogP contribution in [0.3, 0.4) is 0 Å². The van der Waals surface area contributed by atoms with Crippen LogP contribution < -0.4 is 0 Å². The normalized spacial score (nSPS) is 12.2. The zero-order valence-electron chi connectivity index (χ0n) is 28.4. The van der Waals surface area contributed by atoms with Crippen LogP contribution >= 0.6 is 11.3 Å². The Morgan fingerprint density at radius 3 is 1.94 bits per heavy atom. The fourth-order valence-electron chi connectivity index (χ4n) is 8.61. The molecule has 12 aromatic rings. The van der Waals surface area contributed by atoms with Crippen LogP contribution in [-0.2, 0) is 0 Å². The molecule has 0 atom stereocenters. The maximum atomic E-state index is 5.43. The van der Waals surface area contributed by atoms with Crippen LogP contribution in [0.25, 0.3) is 108 Å². The third kappa shape index (κ3) is 4.05. The second-order valence-corrected chi connectivity index (χ2v) is 14.8. The topological polar surface area (TPSA) is 35.6 Å². The molecule has 0 spiro atoms. The van der Waals surface area contributed by atoms with Gasteiger partial charge in [0, 0.05) is 58.4 Å². The maximum Gasteiger partial charge on any atom is 0.235 e. The van der Waals surface area contributed by atoms with Gasteiger partial charge in [-0.1, -0.05) is 121 Å². The summed E-state index contributed by atoms with van der Waals surface area (Å²) >= 11 is 1.87. The van der Waals surface area contributed by atoms with Crippen LogP contribution in [-0.4, -0.2) is 19.1 Å². The van der Waals surface area contributed by atoms with Gasteiger partial charge >= 0.3 is 0 Å². The molecule has 0 N–H and O–H groups in total. The lowest BCUT2D eigenvalue weighted by Gasteiger charge is -2.12. The Morgan fingerprint density at radius 2 is 1.08 bits per heavy atom. The molecular weight excluding hydrogens is 665 g/mol. The molecule has 0 bridgehead atoms. The van der Waals surface area contributed by atoms with E-state index in [1.165, 1.54) is 58.0 Å². The number of rotatable bonds is 3. The van der Waals surface area contributed by atoms with E-state index in [1.807, 2.05) is 11.3 Å². The van der Waals surface area contributed by atoms with Crippen LogP contribution in [0, 0.1) is 0 Å². The molecule has 0 aliphatic rings. The number of fused-ring (bicyclic) bond motifs is 13. The van der Waals surface area contributed by atoms with Crippen molar-refractivity contribution in [3.8, 4) is 22.9 Å². The molecular formula is C48H28N4S. The zero-order valence-corrected chi connectivity index (χ0v) is 29.2. The SMILES string of the molecule is c1ccc(-c2nc(-n3c4cc5c(cc4c4c6sc7ccccc7c6ccc43)c3c4ccccc4ccc3n5-c3ccccc3)nc3ccccc23)cc1. The molecule has 0 amide bonds. The molecule has 4 heterocycles. The summed E-state index contributed by atoms with van der Waals surface area (Å²) in [5.41, 5.74) is 8.56. The molecule has 12 rings (SSSR count). The van der Waals surface area contributed by atoms with Gasteiger partial charge in [-0.25, -0.2) is 9.97 Å². The van der Waals surface area contributed by atoms with Crippen LogP contribution in [0.5, 0.6) is 0 Å². The predicted molar refractivity (Wildman–Crippen MR) is 224 cm³/mol. The van der Waals surface area contributed by atoms with E-state index >= 15 is 0 Å². The van der Waals surface area contributed by atoms with Gasteiger partial charge in [0.15, 0.2) is 0 Å². The first-order valence-electron chi connectivity index (χ1n) is 17.9. The van der Waals surface area contributed by atoms with Crippen LogP contribution in [0.1, 0.15) is 0 Å². The molecule has 4 nitrogen and oxygen atoms in total. The van der Waals surface area contributed by atoms with Crippen molar-refractivity contribution in [3.05, 3.63) is 170 Å². The minimum atomic E-state index is 0.662. The first-order valence-corrected chi connectivity index (χ1v) is 18.7. The summed E-state index contributed by atoms with van der Waals surface area (Å²) in [7, 11) is 0. The highest BCUT2D eigenvalue weighted by atomic mass is 32.1. The van der Waals surface area contributed by atoms with Crippen molar-refractivity contribution >= 4 is 96.8 Å². The Labute approximate surface area is 307 Å². The monoisotopic (exact) mass is 692 g/mol. The highest BCUT2D eigenvalue weighted by molar-refractivity contribution is 7.26. The van der Waals surface area contributed by atoms with Gasteiger partial charge in [0.05, 0.1) is 33.3 Å².